The largest absolute Gasteiger partial charge is 0.444 e. The third-order valence-electron chi connectivity index (χ3n) is 2.68. The molecule has 0 aliphatic heterocycles. The molecule has 1 N–H and O–H groups in total. The molecule has 0 bridgehead atoms. The van der Waals surface area contributed by atoms with Crippen LogP contribution >= 0.6 is 27.3 Å². The number of halogens is 1. The van der Waals surface area contributed by atoms with E-state index in [0.717, 1.165) is 30.5 Å². The molecule has 0 radical (unpaired) electrons. The Kier molecular flexibility index (Phi) is 7.70. The van der Waals surface area contributed by atoms with E-state index in [0.29, 0.717) is 6.54 Å². The summed E-state index contributed by atoms with van der Waals surface area (Å²) in [7, 11) is 0. The Balaban J connectivity index is 2.37. The average molecular weight is 377 g/mol. The van der Waals surface area contributed by atoms with E-state index in [9.17, 15) is 4.79 Å². The van der Waals surface area contributed by atoms with Crippen molar-refractivity contribution in [3.05, 3.63) is 20.8 Å². The van der Waals surface area contributed by atoms with Crippen molar-refractivity contribution in [2.45, 2.75) is 46.3 Å². The summed E-state index contributed by atoms with van der Waals surface area (Å²) < 4.78 is 6.56. The SMILES string of the molecule is CCCN(CCNCc1sccc1Br)C(=O)OC(C)(C)C. The minimum atomic E-state index is -0.446. The van der Waals surface area contributed by atoms with Crippen molar-refractivity contribution in [2.24, 2.45) is 0 Å². The number of hydrogen-bond acceptors (Lipinski definition) is 4. The molecule has 0 saturated carbocycles. The van der Waals surface area contributed by atoms with E-state index in [-0.39, 0.29) is 6.09 Å². The minimum absolute atomic E-state index is 0.233. The van der Waals surface area contributed by atoms with Gasteiger partial charge in [0.25, 0.3) is 0 Å². The van der Waals surface area contributed by atoms with Crippen LogP contribution in [0.4, 0.5) is 4.79 Å². The number of nitrogens with one attached hydrogen (secondary N) is 1. The molecule has 120 valence electrons. The quantitative estimate of drug-likeness (QED) is 0.723. The van der Waals surface area contributed by atoms with Gasteiger partial charge in [-0.05, 0) is 54.6 Å². The van der Waals surface area contributed by atoms with Crippen molar-refractivity contribution < 1.29 is 9.53 Å². The summed E-state index contributed by atoms with van der Waals surface area (Å²) in [5, 5.41) is 5.43. The van der Waals surface area contributed by atoms with Gasteiger partial charge in [-0.3, -0.25) is 0 Å². The van der Waals surface area contributed by atoms with E-state index in [1.54, 1.807) is 16.2 Å². The first kappa shape index (κ1) is 18.5. The predicted molar refractivity (Wildman–Crippen MR) is 91.8 cm³/mol. The van der Waals surface area contributed by atoms with Crippen molar-refractivity contribution in [2.75, 3.05) is 19.6 Å². The van der Waals surface area contributed by atoms with Crippen LogP contribution in [0.15, 0.2) is 15.9 Å². The number of rotatable bonds is 7. The van der Waals surface area contributed by atoms with Crippen LogP contribution in [0.5, 0.6) is 0 Å². The molecule has 0 fully saturated rings. The van der Waals surface area contributed by atoms with E-state index in [1.807, 2.05) is 26.8 Å². The maximum atomic E-state index is 12.1. The first-order valence-corrected chi connectivity index (χ1v) is 8.91. The Morgan fingerprint density at radius 3 is 2.67 bits per heavy atom. The number of amides is 1. The van der Waals surface area contributed by atoms with Gasteiger partial charge in [-0.15, -0.1) is 11.3 Å². The Bertz CT molecular complexity index is 443. The number of nitrogens with zero attached hydrogens (tertiary/aromatic N) is 1. The zero-order valence-corrected chi connectivity index (χ0v) is 15.6. The first-order chi connectivity index (χ1) is 9.83. The number of hydrogen-bond donors (Lipinski definition) is 1. The summed E-state index contributed by atoms with van der Waals surface area (Å²) in [5.41, 5.74) is -0.446. The molecule has 21 heavy (non-hydrogen) atoms. The molecule has 1 heterocycles. The van der Waals surface area contributed by atoms with Crippen molar-refractivity contribution in [1.82, 2.24) is 10.2 Å². The van der Waals surface area contributed by atoms with Gasteiger partial charge in [-0.1, -0.05) is 6.92 Å². The molecule has 0 atom stereocenters. The van der Waals surface area contributed by atoms with Crippen LogP contribution in [-0.2, 0) is 11.3 Å². The van der Waals surface area contributed by atoms with Gasteiger partial charge in [0.1, 0.15) is 5.60 Å². The fraction of sp³-hybridized carbons (Fsp3) is 0.667. The molecule has 0 spiro atoms. The molecule has 0 aromatic carbocycles. The molecule has 6 heteroatoms. The first-order valence-electron chi connectivity index (χ1n) is 7.24. The summed E-state index contributed by atoms with van der Waals surface area (Å²) in [6.07, 6.45) is 0.693. The van der Waals surface area contributed by atoms with E-state index >= 15 is 0 Å². The fourth-order valence-electron chi connectivity index (χ4n) is 1.76. The maximum absolute atomic E-state index is 12.1. The van der Waals surface area contributed by atoms with Crippen molar-refractivity contribution in [3.8, 4) is 0 Å². The molecule has 1 aromatic heterocycles. The summed E-state index contributed by atoms with van der Waals surface area (Å²) in [4.78, 5) is 15.1. The zero-order valence-electron chi connectivity index (χ0n) is 13.2. The van der Waals surface area contributed by atoms with Crippen LogP contribution in [0.25, 0.3) is 0 Å². The molecule has 0 aliphatic rings. The van der Waals surface area contributed by atoms with Crippen LogP contribution < -0.4 is 5.32 Å². The van der Waals surface area contributed by atoms with Crippen molar-refractivity contribution >= 4 is 33.4 Å². The van der Waals surface area contributed by atoms with Crippen LogP contribution in [0, 0.1) is 0 Å². The molecule has 0 unspecified atom stereocenters. The van der Waals surface area contributed by atoms with Crippen LogP contribution in [-0.4, -0.2) is 36.2 Å². The van der Waals surface area contributed by atoms with Gasteiger partial charge in [0, 0.05) is 35.5 Å². The second-order valence-electron chi connectivity index (χ2n) is 5.84. The maximum Gasteiger partial charge on any atom is 0.410 e. The van der Waals surface area contributed by atoms with E-state index in [4.69, 9.17) is 4.74 Å². The Labute approximate surface area is 140 Å². The van der Waals surface area contributed by atoms with Gasteiger partial charge in [0.05, 0.1) is 0 Å². The van der Waals surface area contributed by atoms with Crippen molar-refractivity contribution in [3.63, 3.8) is 0 Å². The molecular weight excluding hydrogens is 352 g/mol. The summed E-state index contributed by atoms with van der Waals surface area (Å²) >= 11 is 5.23. The summed E-state index contributed by atoms with van der Waals surface area (Å²) in [5.74, 6) is 0. The van der Waals surface area contributed by atoms with Gasteiger partial charge >= 0.3 is 6.09 Å². The minimum Gasteiger partial charge on any atom is -0.444 e. The molecule has 1 rings (SSSR count). The highest BCUT2D eigenvalue weighted by Crippen LogP contribution is 2.22. The summed E-state index contributed by atoms with van der Waals surface area (Å²) in [6.45, 7) is 10.7. The van der Waals surface area contributed by atoms with Gasteiger partial charge < -0.3 is 15.0 Å². The monoisotopic (exact) mass is 376 g/mol. The third kappa shape index (κ3) is 7.29. The van der Waals surface area contributed by atoms with Crippen molar-refractivity contribution in [1.29, 1.82) is 0 Å². The normalized spacial score (nSPS) is 11.5. The van der Waals surface area contributed by atoms with E-state index in [1.165, 1.54) is 4.88 Å². The lowest BCUT2D eigenvalue weighted by Gasteiger charge is -2.27. The second-order valence-corrected chi connectivity index (χ2v) is 7.69. The summed E-state index contributed by atoms with van der Waals surface area (Å²) in [6, 6.07) is 2.05. The molecule has 1 aromatic rings. The van der Waals surface area contributed by atoms with Crippen LogP contribution in [0.3, 0.4) is 0 Å². The highest BCUT2D eigenvalue weighted by molar-refractivity contribution is 9.10. The van der Waals surface area contributed by atoms with E-state index in [2.05, 4.69) is 33.6 Å². The van der Waals surface area contributed by atoms with Gasteiger partial charge in [-0.25, -0.2) is 4.79 Å². The lowest BCUT2D eigenvalue weighted by molar-refractivity contribution is 0.0252. The molecule has 4 nitrogen and oxygen atoms in total. The van der Waals surface area contributed by atoms with E-state index < -0.39 is 5.60 Å². The Hall–Kier alpha value is -0.590. The third-order valence-corrected chi connectivity index (χ3v) is 4.61. The molecule has 1 amide bonds. The number of carbonyl (C=O) groups excluding carboxylic acids is 1. The van der Waals surface area contributed by atoms with Gasteiger partial charge in [-0.2, -0.15) is 0 Å². The topological polar surface area (TPSA) is 41.6 Å². The number of ether oxygens (including phenoxy) is 1. The van der Waals surface area contributed by atoms with Crippen LogP contribution in [0.2, 0.25) is 0 Å². The smallest absolute Gasteiger partial charge is 0.410 e. The highest BCUT2D eigenvalue weighted by Gasteiger charge is 2.21. The van der Waals surface area contributed by atoms with Crippen LogP contribution in [0.1, 0.15) is 39.0 Å². The second kappa shape index (κ2) is 8.76. The molecular formula is C15H25BrN2O2S. The van der Waals surface area contributed by atoms with Gasteiger partial charge in [0.2, 0.25) is 0 Å². The zero-order chi connectivity index (χ0) is 15.9. The Morgan fingerprint density at radius 1 is 1.43 bits per heavy atom. The van der Waals surface area contributed by atoms with Gasteiger partial charge in [0.15, 0.2) is 0 Å². The lowest BCUT2D eigenvalue weighted by Crippen LogP contribution is -2.40. The standard InChI is InChI=1S/C15H25BrN2O2S/c1-5-8-18(14(19)20-15(2,3)4)9-7-17-11-13-12(16)6-10-21-13/h6,10,17H,5,7-9,11H2,1-4H3. The lowest BCUT2D eigenvalue weighted by atomic mass is 10.2. The molecule has 0 saturated heterocycles. The number of thiophene rings is 1. The molecule has 0 aliphatic carbocycles. The Morgan fingerprint density at radius 2 is 2.14 bits per heavy atom. The highest BCUT2D eigenvalue weighted by atomic mass is 79.9. The number of carbonyl (C=O) groups is 1. The fourth-order valence-corrected chi connectivity index (χ4v) is 3.22. The average Bonchev–Trinajstić information content (AvgIpc) is 2.76. The predicted octanol–water partition coefficient (Wildman–Crippen LogP) is 4.25.